The van der Waals surface area contributed by atoms with Gasteiger partial charge in [0.15, 0.2) is 5.82 Å². The van der Waals surface area contributed by atoms with Crippen LogP contribution in [0.4, 0.5) is 14.9 Å². The van der Waals surface area contributed by atoms with Crippen LogP contribution in [0.25, 0.3) is 27.5 Å². The fraction of sp³-hybridized carbons (Fsp3) is 0.360. The minimum absolute atomic E-state index is 0.255. The van der Waals surface area contributed by atoms with Crippen molar-refractivity contribution in [1.82, 2.24) is 24.2 Å². The maximum absolute atomic E-state index is 14.6. The Hall–Kier alpha value is -3.95. The molecule has 1 amide bonds. The fourth-order valence-corrected chi connectivity index (χ4v) is 4.30. The van der Waals surface area contributed by atoms with E-state index in [4.69, 9.17) is 4.74 Å². The molecule has 1 aliphatic rings. The summed E-state index contributed by atoms with van der Waals surface area (Å²) in [5.41, 5.74) is 1.25. The van der Waals surface area contributed by atoms with Gasteiger partial charge in [-0.3, -0.25) is 14.0 Å². The number of carbonyl (C=O) groups excluding carboxylic acids is 1. The van der Waals surface area contributed by atoms with Crippen molar-refractivity contribution in [3.8, 4) is 5.69 Å². The predicted molar refractivity (Wildman–Crippen MR) is 132 cm³/mol. The number of fused-ring (bicyclic) bond motifs is 2. The number of aryl methyl sites for hydroxylation is 1. The first-order chi connectivity index (χ1) is 16.6. The second kappa shape index (κ2) is 8.37. The summed E-state index contributed by atoms with van der Waals surface area (Å²) in [6.07, 6.45) is 2.80. The molecule has 1 aliphatic heterocycles. The van der Waals surface area contributed by atoms with E-state index in [0.717, 1.165) is 5.69 Å². The number of hydrogen-bond donors (Lipinski definition) is 0. The van der Waals surface area contributed by atoms with Crippen molar-refractivity contribution < 1.29 is 13.9 Å². The highest BCUT2D eigenvalue weighted by Gasteiger charge is 2.26. The Balaban J connectivity index is 1.43. The number of ether oxygens (including phenoxy) is 1. The highest BCUT2D eigenvalue weighted by atomic mass is 19.1. The summed E-state index contributed by atoms with van der Waals surface area (Å²) in [7, 11) is 1.72. The monoisotopic (exact) mass is 478 g/mol. The first kappa shape index (κ1) is 22.8. The van der Waals surface area contributed by atoms with Crippen molar-refractivity contribution in [2.75, 3.05) is 31.1 Å². The predicted octanol–water partition coefficient (Wildman–Crippen LogP) is 3.47. The number of carbonyl (C=O) groups is 1. The number of benzene rings is 2. The molecular weight excluding hydrogens is 451 g/mol. The van der Waals surface area contributed by atoms with E-state index in [1.807, 2.05) is 39.0 Å². The van der Waals surface area contributed by atoms with Crippen molar-refractivity contribution in [1.29, 1.82) is 0 Å². The maximum Gasteiger partial charge on any atom is 0.410 e. The zero-order valence-electron chi connectivity index (χ0n) is 20.2. The number of halogens is 1. The van der Waals surface area contributed by atoms with Crippen LogP contribution in [0.2, 0.25) is 0 Å². The summed E-state index contributed by atoms with van der Waals surface area (Å²) in [5, 5.41) is 5.16. The average molecular weight is 479 g/mol. The molecule has 3 heterocycles. The standard InChI is InChI=1S/C25H27FN6O3/c1-25(2,3)35-24(34)31-9-7-30(8-10-31)17-5-6-21-19(12-17)23(33)32(15-27-21)18-11-16-14-29(4)28-22(16)20(26)13-18/h5-6,11-15H,7-10H2,1-4H3. The molecule has 4 aromatic rings. The van der Waals surface area contributed by atoms with E-state index in [1.54, 1.807) is 24.2 Å². The molecule has 5 rings (SSSR count). The minimum Gasteiger partial charge on any atom is -0.444 e. The van der Waals surface area contributed by atoms with E-state index in [2.05, 4.69) is 15.0 Å². The zero-order valence-corrected chi connectivity index (χ0v) is 20.2. The molecule has 0 spiro atoms. The van der Waals surface area contributed by atoms with Crippen molar-refractivity contribution in [3.05, 3.63) is 59.0 Å². The molecule has 10 heteroatoms. The van der Waals surface area contributed by atoms with Crippen LogP contribution < -0.4 is 10.5 Å². The third-order valence-electron chi connectivity index (χ3n) is 5.98. The number of amides is 1. The third kappa shape index (κ3) is 4.43. The van der Waals surface area contributed by atoms with Gasteiger partial charge < -0.3 is 14.5 Å². The van der Waals surface area contributed by atoms with Crippen LogP contribution in [-0.4, -0.2) is 62.1 Å². The van der Waals surface area contributed by atoms with E-state index < -0.39 is 11.4 Å². The summed E-state index contributed by atoms with van der Waals surface area (Å²) in [6, 6.07) is 8.55. The number of nitrogens with zero attached hydrogens (tertiary/aromatic N) is 6. The number of hydrogen-bond acceptors (Lipinski definition) is 6. The zero-order chi connectivity index (χ0) is 24.9. The number of aromatic nitrogens is 4. The molecule has 0 unspecified atom stereocenters. The fourth-order valence-electron chi connectivity index (χ4n) is 4.30. The van der Waals surface area contributed by atoms with Gasteiger partial charge in [-0.1, -0.05) is 0 Å². The summed E-state index contributed by atoms with van der Waals surface area (Å²) in [6.45, 7) is 7.81. The Morgan fingerprint density at radius 1 is 1.06 bits per heavy atom. The van der Waals surface area contributed by atoms with E-state index in [-0.39, 0.29) is 17.2 Å². The van der Waals surface area contributed by atoms with Gasteiger partial charge in [-0.25, -0.2) is 14.2 Å². The molecule has 0 radical (unpaired) electrons. The molecule has 0 aliphatic carbocycles. The van der Waals surface area contributed by atoms with Crippen LogP contribution >= 0.6 is 0 Å². The van der Waals surface area contributed by atoms with Gasteiger partial charge in [0.1, 0.15) is 17.4 Å². The van der Waals surface area contributed by atoms with Gasteiger partial charge in [0.25, 0.3) is 5.56 Å². The molecule has 1 fully saturated rings. The Morgan fingerprint density at radius 3 is 2.51 bits per heavy atom. The van der Waals surface area contributed by atoms with Crippen LogP contribution in [0.15, 0.2) is 47.7 Å². The molecule has 35 heavy (non-hydrogen) atoms. The highest BCUT2D eigenvalue weighted by molar-refractivity contribution is 5.83. The quantitative estimate of drug-likeness (QED) is 0.439. The van der Waals surface area contributed by atoms with Gasteiger partial charge in [0, 0.05) is 56.6 Å². The van der Waals surface area contributed by atoms with Gasteiger partial charge in [0.2, 0.25) is 0 Å². The summed E-state index contributed by atoms with van der Waals surface area (Å²) in [5.74, 6) is -0.498. The molecule has 182 valence electrons. The molecule has 2 aromatic heterocycles. The summed E-state index contributed by atoms with van der Waals surface area (Å²) in [4.78, 5) is 34.0. The van der Waals surface area contributed by atoms with Crippen LogP contribution in [0.5, 0.6) is 0 Å². The van der Waals surface area contributed by atoms with Crippen molar-refractivity contribution in [3.63, 3.8) is 0 Å². The molecule has 0 N–H and O–H groups in total. The van der Waals surface area contributed by atoms with Gasteiger partial charge in [-0.2, -0.15) is 5.10 Å². The van der Waals surface area contributed by atoms with Crippen LogP contribution in [-0.2, 0) is 11.8 Å². The summed E-state index contributed by atoms with van der Waals surface area (Å²) >= 11 is 0. The van der Waals surface area contributed by atoms with Gasteiger partial charge >= 0.3 is 6.09 Å². The van der Waals surface area contributed by atoms with Crippen molar-refractivity contribution in [2.24, 2.45) is 7.05 Å². The van der Waals surface area contributed by atoms with Gasteiger partial charge in [0.05, 0.1) is 16.6 Å². The number of piperazine rings is 1. The lowest BCUT2D eigenvalue weighted by Gasteiger charge is -2.36. The molecule has 0 atom stereocenters. The normalized spacial score (nSPS) is 14.7. The third-order valence-corrected chi connectivity index (χ3v) is 5.98. The average Bonchev–Trinajstić information content (AvgIpc) is 3.19. The Bertz CT molecular complexity index is 1500. The SMILES string of the molecule is Cn1cc2cc(-n3cnc4ccc(N5CCN(C(=O)OC(C)(C)C)CC5)cc4c3=O)cc(F)c2n1. The first-order valence-electron chi connectivity index (χ1n) is 11.5. The smallest absolute Gasteiger partial charge is 0.410 e. The second-order valence-electron chi connectivity index (χ2n) is 9.74. The Labute approximate surface area is 201 Å². The van der Waals surface area contributed by atoms with Gasteiger partial charge in [-0.15, -0.1) is 0 Å². The molecule has 9 nitrogen and oxygen atoms in total. The summed E-state index contributed by atoms with van der Waals surface area (Å²) < 4.78 is 23.0. The first-order valence-corrected chi connectivity index (χ1v) is 11.5. The van der Waals surface area contributed by atoms with Crippen molar-refractivity contribution in [2.45, 2.75) is 26.4 Å². The van der Waals surface area contributed by atoms with E-state index >= 15 is 0 Å². The Kier molecular flexibility index (Phi) is 5.46. The lowest BCUT2D eigenvalue weighted by Crippen LogP contribution is -2.50. The molecular formula is C25H27FN6O3. The minimum atomic E-state index is -0.538. The topological polar surface area (TPSA) is 85.5 Å². The van der Waals surface area contributed by atoms with Crippen LogP contribution in [0.1, 0.15) is 20.8 Å². The molecule has 0 saturated carbocycles. The van der Waals surface area contributed by atoms with E-state index in [0.29, 0.717) is 48.2 Å². The molecule has 0 bridgehead atoms. The Morgan fingerprint density at radius 2 is 1.80 bits per heavy atom. The maximum atomic E-state index is 14.6. The largest absolute Gasteiger partial charge is 0.444 e. The molecule has 1 saturated heterocycles. The van der Waals surface area contributed by atoms with E-state index in [9.17, 15) is 14.0 Å². The lowest BCUT2D eigenvalue weighted by molar-refractivity contribution is 0.0240. The van der Waals surface area contributed by atoms with Gasteiger partial charge in [-0.05, 0) is 45.0 Å². The second-order valence-corrected chi connectivity index (χ2v) is 9.74. The molecule has 2 aromatic carbocycles. The number of anilines is 1. The highest BCUT2D eigenvalue weighted by Crippen LogP contribution is 2.23. The van der Waals surface area contributed by atoms with Crippen LogP contribution in [0.3, 0.4) is 0 Å². The number of rotatable bonds is 2. The van der Waals surface area contributed by atoms with Crippen molar-refractivity contribution >= 4 is 33.6 Å². The van der Waals surface area contributed by atoms with E-state index in [1.165, 1.54) is 21.6 Å². The lowest BCUT2D eigenvalue weighted by atomic mass is 10.1. The van der Waals surface area contributed by atoms with Crippen LogP contribution in [0, 0.1) is 5.82 Å².